The summed E-state index contributed by atoms with van der Waals surface area (Å²) in [6.07, 6.45) is 3.10. The molecule has 1 aliphatic heterocycles. The summed E-state index contributed by atoms with van der Waals surface area (Å²) in [5.74, 6) is 0.657. The van der Waals surface area contributed by atoms with Crippen molar-refractivity contribution in [2.24, 2.45) is 0 Å². The van der Waals surface area contributed by atoms with Gasteiger partial charge >= 0.3 is 0 Å². The van der Waals surface area contributed by atoms with Crippen LogP contribution in [-0.4, -0.2) is 18.1 Å². The molecule has 1 fully saturated rings. The molecular weight excluding hydrogens is 124 g/mol. The average Bonchev–Trinajstić information content (AvgIpc) is 2.14. The standard InChI is InChI=1S/C6H11ClO/c1-5-2-3-6(4-7)8-5/h5-6H,2-4H2,1H3/t5-,6-/m1/s1. The van der Waals surface area contributed by atoms with Crippen molar-refractivity contribution < 1.29 is 4.74 Å². The lowest BCUT2D eigenvalue weighted by Crippen LogP contribution is -2.08. The smallest absolute Gasteiger partial charge is 0.0714 e. The lowest BCUT2D eigenvalue weighted by molar-refractivity contribution is 0.0692. The van der Waals surface area contributed by atoms with Crippen molar-refractivity contribution in [3.05, 3.63) is 0 Å². The predicted octanol–water partition coefficient (Wildman–Crippen LogP) is 1.79. The zero-order valence-corrected chi connectivity index (χ0v) is 5.82. The molecule has 1 rings (SSSR count). The fraction of sp³-hybridized carbons (Fsp3) is 1.00. The molecule has 1 nitrogen and oxygen atoms in total. The minimum atomic E-state index is 0.340. The summed E-state index contributed by atoms with van der Waals surface area (Å²) in [5, 5.41) is 0. The molecule has 48 valence electrons. The highest BCUT2D eigenvalue weighted by Crippen LogP contribution is 2.19. The quantitative estimate of drug-likeness (QED) is 0.497. The van der Waals surface area contributed by atoms with Crippen LogP contribution in [0.4, 0.5) is 0 Å². The normalized spacial score (nSPS) is 38.2. The Balaban J connectivity index is 2.22. The second-order valence-electron chi connectivity index (χ2n) is 2.30. The van der Waals surface area contributed by atoms with Crippen LogP contribution in [0.5, 0.6) is 0 Å². The van der Waals surface area contributed by atoms with Gasteiger partial charge in [0.2, 0.25) is 0 Å². The van der Waals surface area contributed by atoms with Crippen LogP contribution < -0.4 is 0 Å². The Kier molecular flexibility index (Phi) is 2.15. The van der Waals surface area contributed by atoms with E-state index in [9.17, 15) is 0 Å². The number of hydrogen-bond donors (Lipinski definition) is 0. The first-order valence-corrected chi connectivity index (χ1v) is 3.58. The molecule has 0 saturated carbocycles. The minimum Gasteiger partial charge on any atom is -0.374 e. The Hall–Kier alpha value is 0.250. The van der Waals surface area contributed by atoms with Gasteiger partial charge in [0.15, 0.2) is 0 Å². The highest BCUT2D eigenvalue weighted by atomic mass is 35.5. The molecule has 2 atom stereocenters. The molecule has 0 radical (unpaired) electrons. The largest absolute Gasteiger partial charge is 0.374 e. The van der Waals surface area contributed by atoms with Gasteiger partial charge in [-0.1, -0.05) is 0 Å². The minimum absolute atomic E-state index is 0.340. The van der Waals surface area contributed by atoms with E-state index in [0.717, 1.165) is 6.42 Å². The van der Waals surface area contributed by atoms with Crippen LogP contribution in [0.2, 0.25) is 0 Å². The van der Waals surface area contributed by atoms with Crippen molar-refractivity contribution in [2.75, 3.05) is 5.88 Å². The van der Waals surface area contributed by atoms with Crippen molar-refractivity contribution in [3.8, 4) is 0 Å². The zero-order valence-electron chi connectivity index (χ0n) is 5.06. The van der Waals surface area contributed by atoms with Crippen molar-refractivity contribution >= 4 is 11.6 Å². The molecule has 1 heterocycles. The average molecular weight is 135 g/mol. The first-order chi connectivity index (χ1) is 3.83. The second kappa shape index (κ2) is 2.70. The molecule has 0 aromatic carbocycles. The van der Waals surface area contributed by atoms with Gasteiger partial charge in [-0.25, -0.2) is 0 Å². The van der Waals surface area contributed by atoms with Crippen LogP contribution in [0.3, 0.4) is 0 Å². The molecule has 0 aliphatic carbocycles. The van der Waals surface area contributed by atoms with Crippen LogP contribution in [0, 0.1) is 0 Å². The van der Waals surface area contributed by atoms with E-state index in [2.05, 4.69) is 6.92 Å². The SMILES string of the molecule is C[C@@H]1CC[C@H](CCl)O1. The Labute approximate surface area is 55.0 Å². The molecular formula is C6H11ClO. The van der Waals surface area contributed by atoms with Crippen molar-refractivity contribution in [1.82, 2.24) is 0 Å². The third kappa shape index (κ3) is 1.36. The topological polar surface area (TPSA) is 9.23 Å². The molecule has 0 aromatic rings. The fourth-order valence-electron chi connectivity index (χ4n) is 0.999. The fourth-order valence-corrected chi connectivity index (χ4v) is 1.23. The molecule has 2 heteroatoms. The molecule has 0 aromatic heterocycles. The first kappa shape index (κ1) is 6.37. The molecule has 1 aliphatic rings. The Morgan fingerprint density at radius 2 is 2.38 bits per heavy atom. The van der Waals surface area contributed by atoms with E-state index in [-0.39, 0.29) is 0 Å². The molecule has 0 spiro atoms. The Morgan fingerprint density at radius 1 is 1.62 bits per heavy atom. The van der Waals surface area contributed by atoms with Crippen LogP contribution >= 0.6 is 11.6 Å². The summed E-state index contributed by atoms with van der Waals surface area (Å²) in [5.41, 5.74) is 0. The summed E-state index contributed by atoms with van der Waals surface area (Å²) < 4.78 is 5.38. The molecule has 8 heavy (non-hydrogen) atoms. The van der Waals surface area contributed by atoms with E-state index < -0.39 is 0 Å². The van der Waals surface area contributed by atoms with Crippen LogP contribution in [0.25, 0.3) is 0 Å². The van der Waals surface area contributed by atoms with Crippen LogP contribution in [0.15, 0.2) is 0 Å². The number of rotatable bonds is 1. The lowest BCUT2D eigenvalue weighted by Gasteiger charge is -2.04. The van der Waals surface area contributed by atoms with Gasteiger partial charge in [-0.2, -0.15) is 0 Å². The van der Waals surface area contributed by atoms with Gasteiger partial charge in [-0.05, 0) is 19.8 Å². The summed E-state index contributed by atoms with van der Waals surface area (Å²) in [6.45, 7) is 2.09. The molecule has 1 saturated heterocycles. The van der Waals surface area contributed by atoms with E-state index in [4.69, 9.17) is 16.3 Å². The van der Waals surface area contributed by atoms with Crippen molar-refractivity contribution in [3.63, 3.8) is 0 Å². The summed E-state index contributed by atoms with van der Waals surface area (Å²) >= 11 is 5.55. The molecule has 0 bridgehead atoms. The van der Waals surface area contributed by atoms with E-state index in [1.54, 1.807) is 0 Å². The maximum Gasteiger partial charge on any atom is 0.0714 e. The van der Waals surface area contributed by atoms with Crippen molar-refractivity contribution in [1.29, 1.82) is 0 Å². The molecule has 0 amide bonds. The predicted molar refractivity (Wildman–Crippen MR) is 34.3 cm³/mol. The zero-order chi connectivity index (χ0) is 5.98. The Bertz CT molecular complexity index is 74.9. The van der Waals surface area contributed by atoms with Gasteiger partial charge in [0.05, 0.1) is 12.2 Å². The highest BCUT2D eigenvalue weighted by molar-refractivity contribution is 6.18. The third-order valence-corrected chi connectivity index (χ3v) is 1.84. The van der Waals surface area contributed by atoms with Crippen LogP contribution in [-0.2, 0) is 4.74 Å². The van der Waals surface area contributed by atoms with E-state index >= 15 is 0 Å². The maximum atomic E-state index is 5.55. The summed E-state index contributed by atoms with van der Waals surface area (Å²) in [4.78, 5) is 0. The third-order valence-electron chi connectivity index (χ3n) is 1.49. The monoisotopic (exact) mass is 134 g/mol. The van der Waals surface area contributed by atoms with Crippen LogP contribution in [0.1, 0.15) is 19.8 Å². The van der Waals surface area contributed by atoms with Crippen molar-refractivity contribution in [2.45, 2.75) is 32.0 Å². The van der Waals surface area contributed by atoms with E-state index in [1.807, 2.05) is 0 Å². The van der Waals surface area contributed by atoms with Gasteiger partial charge in [-0.15, -0.1) is 11.6 Å². The first-order valence-electron chi connectivity index (χ1n) is 3.04. The highest BCUT2D eigenvalue weighted by Gasteiger charge is 2.19. The molecule has 0 N–H and O–H groups in total. The maximum absolute atomic E-state index is 5.55. The van der Waals surface area contributed by atoms with E-state index in [1.165, 1.54) is 6.42 Å². The van der Waals surface area contributed by atoms with Gasteiger partial charge in [0, 0.05) is 5.88 Å². The number of hydrogen-bond acceptors (Lipinski definition) is 1. The second-order valence-corrected chi connectivity index (χ2v) is 2.61. The number of ether oxygens (including phenoxy) is 1. The summed E-state index contributed by atoms with van der Waals surface area (Å²) in [6, 6.07) is 0. The summed E-state index contributed by atoms with van der Waals surface area (Å²) in [7, 11) is 0. The van der Waals surface area contributed by atoms with E-state index in [0.29, 0.717) is 18.1 Å². The van der Waals surface area contributed by atoms with Gasteiger partial charge in [0.25, 0.3) is 0 Å². The van der Waals surface area contributed by atoms with Gasteiger partial charge < -0.3 is 4.74 Å². The van der Waals surface area contributed by atoms with Gasteiger partial charge in [0.1, 0.15) is 0 Å². The Morgan fingerprint density at radius 3 is 2.62 bits per heavy atom. The number of alkyl halides is 1. The van der Waals surface area contributed by atoms with Gasteiger partial charge in [-0.3, -0.25) is 0 Å². The number of halogens is 1. The molecule has 0 unspecified atom stereocenters. The lowest BCUT2D eigenvalue weighted by atomic mass is 10.2.